The number of nitrogens with zero attached hydrogens (tertiary/aromatic N) is 2. The number of hydrogen-bond acceptors (Lipinski definition) is 5. The van der Waals surface area contributed by atoms with Gasteiger partial charge >= 0.3 is 12.0 Å². The van der Waals surface area contributed by atoms with E-state index in [2.05, 4.69) is 5.32 Å². The van der Waals surface area contributed by atoms with Gasteiger partial charge in [-0.3, -0.25) is 19.3 Å². The summed E-state index contributed by atoms with van der Waals surface area (Å²) in [6, 6.07) is 5.89. The highest BCUT2D eigenvalue weighted by Crippen LogP contribution is 2.38. The van der Waals surface area contributed by atoms with Crippen molar-refractivity contribution >= 4 is 23.7 Å². The van der Waals surface area contributed by atoms with Gasteiger partial charge in [-0.2, -0.15) is 0 Å². The lowest BCUT2D eigenvalue weighted by Crippen LogP contribution is -2.54. The number of nitrogens with one attached hydrogen (secondary N) is 1. The molecule has 0 bridgehead atoms. The van der Waals surface area contributed by atoms with E-state index < -0.39 is 42.4 Å². The number of carbonyl (C=O) groups is 4. The van der Waals surface area contributed by atoms with Gasteiger partial charge in [0.2, 0.25) is 5.78 Å². The number of benzene rings is 1. The molecule has 4 rings (SSSR count). The molecule has 2 unspecified atom stereocenters. The largest absolute Gasteiger partial charge is 0.456 e. The Balaban J connectivity index is 1.41. The molecule has 35 heavy (non-hydrogen) atoms. The fourth-order valence-electron chi connectivity index (χ4n) is 5.20. The van der Waals surface area contributed by atoms with Crippen molar-refractivity contribution in [1.82, 2.24) is 14.8 Å². The van der Waals surface area contributed by atoms with E-state index in [1.54, 1.807) is 43.5 Å². The summed E-state index contributed by atoms with van der Waals surface area (Å²) >= 11 is 0. The first-order valence-corrected chi connectivity index (χ1v) is 11.8. The summed E-state index contributed by atoms with van der Waals surface area (Å²) in [5.74, 6) is -2.04. The highest BCUT2D eigenvalue weighted by Gasteiger charge is 2.55. The second kappa shape index (κ2) is 9.28. The van der Waals surface area contributed by atoms with Gasteiger partial charge in [0.25, 0.3) is 5.91 Å². The number of ketones is 1. The minimum Gasteiger partial charge on any atom is -0.456 e. The van der Waals surface area contributed by atoms with E-state index in [1.165, 1.54) is 6.07 Å². The summed E-state index contributed by atoms with van der Waals surface area (Å²) in [6.45, 7) is 6.06. The predicted octanol–water partition coefficient (Wildman–Crippen LogP) is 3.77. The maximum atomic E-state index is 14.1. The molecule has 1 N–H and O–H groups in total. The highest BCUT2D eigenvalue weighted by molar-refractivity contribution is 6.09. The zero-order chi connectivity index (χ0) is 25.5. The molecule has 0 radical (unpaired) electrons. The Morgan fingerprint density at radius 2 is 1.91 bits per heavy atom. The second-order valence-corrected chi connectivity index (χ2v) is 9.58. The topological polar surface area (TPSA) is 97.7 Å². The number of halogens is 1. The number of esters is 1. The molecule has 9 heteroatoms. The fourth-order valence-corrected chi connectivity index (χ4v) is 5.20. The molecule has 1 aromatic heterocycles. The quantitative estimate of drug-likeness (QED) is 0.383. The van der Waals surface area contributed by atoms with E-state index in [1.807, 2.05) is 6.92 Å². The van der Waals surface area contributed by atoms with Gasteiger partial charge in [0.1, 0.15) is 17.9 Å². The van der Waals surface area contributed by atoms with E-state index in [4.69, 9.17) is 4.74 Å². The smallest absolute Gasteiger partial charge is 0.326 e. The Kier molecular flexibility index (Phi) is 6.53. The SMILES string of the molecule is Cc1ccc(-n2c(C)cc(C(=O)COC(=O)CN3C(=O)NC4(CCCCC4C)C3=O)c2C)cc1F. The number of ether oxygens (including phenoxy) is 1. The third kappa shape index (κ3) is 4.35. The molecule has 1 aromatic carbocycles. The molecule has 2 heterocycles. The van der Waals surface area contributed by atoms with Crippen molar-refractivity contribution in [3.63, 3.8) is 0 Å². The van der Waals surface area contributed by atoms with E-state index >= 15 is 0 Å². The molecule has 8 nitrogen and oxygen atoms in total. The maximum Gasteiger partial charge on any atom is 0.326 e. The van der Waals surface area contributed by atoms with E-state index in [9.17, 15) is 23.6 Å². The number of urea groups is 1. The van der Waals surface area contributed by atoms with Crippen molar-refractivity contribution in [2.75, 3.05) is 13.2 Å². The lowest BCUT2D eigenvalue weighted by molar-refractivity contribution is -0.147. The number of Topliss-reactive ketones (excluding diaryl/α,β-unsaturated/α-hetero) is 1. The third-order valence-electron chi connectivity index (χ3n) is 7.30. The normalized spacial score (nSPS) is 22.0. The van der Waals surface area contributed by atoms with Crippen LogP contribution in [0.5, 0.6) is 0 Å². The average molecular weight is 484 g/mol. The first-order valence-electron chi connectivity index (χ1n) is 11.8. The van der Waals surface area contributed by atoms with E-state index in [-0.39, 0.29) is 11.7 Å². The Morgan fingerprint density at radius 1 is 1.17 bits per heavy atom. The summed E-state index contributed by atoms with van der Waals surface area (Å²) in [7, 11) is 0. The summed E-state index contributed by atoms with van der Waals surface area (Å²) in [4.78, 5) is 51.6. The number of rotatable bonds is 6. The van der Waals surface area contributed by atoms with Crippen molar-refractivity contribution in [2.45, 2.75) is 58.9 Å². The van der Waals surface area contributed by atoms with Crippen molar-refractivity contribution in [2.24, 2.45) is 5.92 Å². The first-order chi connectivity index (χ1) is 16.5. The predicted molar refractivity (Wildman–Crippen MR) is 126 cm³/mol. The molecule has 1 spiro atoms. The third-order valence-corrected chi connectivity index (χ3v) is 7.30. The Labute approximate surface area is 203 Å². The minimum atomic E-state index is -0.960. The van der Waals surface area contributed by atoms with Gasteiger partial charge in [-0.25, -0.2) is 9.18 Å². The van der Waals surface area contributed by atoms with Crippen LogP contribution in [0.1, 0.15) is 59.9 Å². The second-order valence-electron chi connectivity index (χ2n) is 9.58. The number of hydrogen-bond donors (Lipinski definition) is 1. The van der Waals surface area contributed by atoms with Crippen molar-refractivity contribution in [3.05, 3.63) is 52.6 Å². The fraction of sp³-hybridized carbons (Fsp3) is 0.462. The summed E-state index contributed by atoms with van der Waals surface area (Å²) in [6.07, 6.45) is 3.20. The summed E-state index contributed by atoms with van der Waals surface area (Å²) < 4.78 is 21.0. The van der Waals surface area contributed by atoms with Crippen molar-refractivity contribution in [1.29, 1.82) is 0 Å². The zero-order valence-corrected chi connectivity index (χ0v) is 20.4. The number of aryl methyl sites for hydroxylation is 2. The number of aromatic nitrogens is 1. The van der Waals surface area contributed by atoms with Gasteiger partial charge in [0.15, 0.2) is 6.61 Å². The number of imide groups is 1. The van der Waals surface area contributed by atoms with Gasteiger partial charge in [-0.15, -0.1) is 0 Å². The van der Waals surface area contributed by atoms with Gasteiger partial charge in [-0.1, -0.05) is 25.8 Å². The molecule has 186 valence electrons. The first kappa shape index (κ1) is 24.6. The van der Waals surface area contributed by atoms with Crippen LogP contribution < -0.4 is 5.32 Å². The summed E-state index contributed by atoms with van der Waals surface area (Å²) in [5, 5.41) is 2.79. The van der Waals surface area contributed by atoms with Crippen LogP contribution >= 0.6 is 0 Å². The lowest BCUT2D eigenvalue weighted by atomic mass is 9.73. The molecule has 2 aromatic rings. The van der Waals surface area contributed by atoms with Crippen molar-refractivity contribution < 1.29 is 28.3 Å². The van der Waals surface area contributed by atoms with Crippen LogP contribution in [0.2, 0.25) is 0 Å². The van der Waals surface area contributed by atoms with E-state index in [0.29, 0.717) is 28.9 Å². The minimum absolute atomic E-state index is 0.0208. The molecule has 2 fully saturated rings. The maximum absolute atomic E-state index is 14.1. The number of amides is 3. The monoisotopic (exact) mass is 483 g/mol. The molecule has 3 amide bonds. The van der Waals surface area contributed by atoms with Crippen LogP contribution in [0.3, 0.4) is 0 Å². The molecule has 2 atom stereocenters. The Hall–Kier alpha value is -3.49. The number of carbonyl (C=O) groups excluding carboxylic acids is 4. The van der Waals surface area contributed by atoms with Crippen LogP contribution in [0.25, 0.3) is 5.69 Å². The van der Waals surface area contributed by atoms with Crippen LogP contribution in [-0.2, 0) is 14.3 Å². The van der Waals surface area contributed by atoms with E-state index in [0.717, 1.165) is 29.9 Å². The van der Waals surface area contributed by atoms with Crippen LogP contribution in [-0.4, -0.2) is 51.8 Å². The molecule has 2 aliphatic rings. The molecular formula is C26H30FN3O5. The molecular weight excluding hydrogens is 453 g/mol. The van der Waals surface area contributed by atoms with Gasteiger partial charge < -0.3 is 14.6 Å². The van der Waals surface area contributed by atoms with Gasteiger partial charge in [0, 0.05) is 22.6 Å². The Bertz CT molecular complexity index is 1220. The Morgan fingerprint density at radius 3 is 2.60 bits per heavy atom. The average Bonchev–Trinajstić information content (AvgIpc) is 3.24. The lowest BCUT2D eigenvalue weighted by Gasteiger charge is -2.36. The van der Waals surface area contributed by atoms with Crippen LogP contribution in [0, 0.1) is 32.5 Å². The standard InChI is InChI=1S/C26H30FN3O5/c1-15-8-9-19(12-21(15)27)30-17(3)11-20(18(30)4)22(31)14-35-23(32)13-29-24(33)26(28-25(29)34)10-6-5-7-16(26)2/h8-9,11-12,16H,5-7,10,13-14H2,1-4H3,(H,28,34). The summed E-state index contributed by atoms with van der Waals surface area (Å²) in [5.41, 5.74) is 1.82. The molecule has 1 saturated heterocycles. The van der Waals surface area contributed by atoms with Crippen LogP contribution in [0.15, 0.2) is 24.3 Å². The van der Waals surface area contributed by atoms with Crippen LogP contribution in [0.4, 0.5) is 9.18 Å². The molecule has 1 aliphatic carbocycles. The van der Waals surface area contributed by atoms with Gasteiger partial charge in [-0.05, 0) is 63.3 Å². The van der Waals surface area contributed by atoms with Crippen molar-refractivity contribution in [3.8, 4) is 5.69 Å². The zero-order valence-electron chi connectivity index (χ0n) is 20.4. The molecule has 1 aliphatic heterocycles. The van der Waals surface area contributed by atoms with Gasteiger partial charge in [0.05, 0.1) is 0 Å². The highest BCUT2D eigenvalue weighted by atomic mass is 19.1. The molecule has 1 saturated carbocycles.